The van der Waals surface area contributed by atoms with Gasteiger partial charge in [-0.05, 0) is 36.8 Å². The van der Waals surface area contributed by atoms with Gasteiger partial charge >= 0.3 is 0 Å². The van der Waals surface area contributed by atoms with E-state index >= 15 is 0 Å². The summed E-state index contributed by atoms with van der Waals surface area (Å²) in [7, 11) is 0. The summed E-state index contributed by atoms with van der Waals surface area (Å²) in [5, 5.41) is 0. The largest absolute Gasteiger partial charge is 0.324 e. The predicted octanol–water partition coefficient (Wildman–Crippen LogP) is 4.00. The Balaban J connectivity index is 2.17. The van der Waals surface area contributed by atoms with Gasteiger partial charge in [-0.15, -0.1) is 0 Å². The lowest BCUT2D eigenvalue weighted by Crippen LogP contribution is -2.04. The average Bonchev–Trinajstić information content (AvgIpc) is 2.33. The normalized spacial score (nSPS) is 12.4. The Morgan fingerprint density at radius 2 is 1.71 bits per heavy atom. The Morgan fingerprint density at radius 3 is 2.29 bits per heavy atom. The Morgan fingerprint density at radius 1 is 1.06 bits per heavy atom. The highest BCUT2D eigenvalue weighted by Gasteiger charge is 2.04. The van der Waals surface area contributed by atoms with Gasteiger partial charge in [0.05, 0.1) is 0 Å². The summed E-state index contributed by atoms with van der Waals surface area (Å²) in [5.74, 6) is -0.186. The Labute approximate surface area is 105 Å². The molecule has 2 aromatic rings. The van der Waals surface area contributed by atoms with Crippen LogP contribution in [0.15, 0.2) is 58.3 Å². The molecular formula is C14H14FNS. The van der Waals surface area contributed by atoms with E-state index in [2.05, 4.69) is 0 Å². The molecule has 0 aliphatic rings. The maximum absolute atomic E-state index is 13.4. The van der Waals surface area contributed by atoms with Gasteiger partial charge in [0.1, 0.15) is 5.82 Å². The molecule has 0 unspecified atom stereocenters. The smallest absolute Gasteiger partial charge is 0.137 e. The van der Waals surface area contributed by atoms with Crippen molar-refractivity contribution in [2.24, 2.45) is 5.73 Å². The lowest BCUT2D eigenvalue weighted by atomic mass is 10.1. The summed E-state index contributed by atoms with van der Waals surface area (Å²) in [6, 6.07) is 14.7. The third-order valence-corrected chi connectivity index (χ3v) is 3.53. The summed E-state index contributed by atoms with van der Waals surface area (Å²) < 4.78 is 13.4. The quantitative estimate of drug-likeness (QED) is 0.887. The van der Waals surface area contributed by atoms with E-state index in [4.69, 9.17) is 5.73 Å². The van der Waals surface area contributed by atoms with Crippen molar-refractivity contribution in [2.45, 2.75) is 22.8 Å². The Kier molecular flexibility index (Phi) is 3.82. The molecule has 3 heteroatoms. The minimum Gasteiger partial charge on any atom is -0.324 e. The van der Waals surface area contributed by atoms with Gasteiger partial charge < -0.3 is 5.73 Å². The van der Waals surface area contributed by atoms with Crippen LogP contribution in [-0.4, -0.2) is 0 Å². The fourth-order valence-electron chi connectivity index (χ4n) is 1.49. The van der Waals surface area contributed by atoms with Crippen LogP contribution in [0.2, 0.25) is 0 Å². The van der Waals surface area contributed by atoms with Gasteiger partial charge in [0.2, 0.25) is 0 Å². The first-order valence-electron chi connectivity index (χ1n) is 5.45. The zero-order chi connectivity index (χ0) is 12.3. The molecule has 0 amide bonds. The summed E-state index contributed by atoms with van der Waals surface area (Å²) in [6.07, 6.45) is 0. The van der Waals surface area contributed by atoms with Crippen LogP contribution in [0.25, 0.3) is 0 Å². The molecule has 2 rings (SSSR count). The molecule has 88 valence electrons. The predicted molar refractivity (Wildman–Crippen MR) is 69.6 cm³/mol. The van der Waals surface area contributed by atoms with Crippen molar-refractivity contribution in [3.05, 3.63) is 59.9 Å². The van der Waals surface area contributed by atoms with E-state index in [0.29, 0.717) is 4.90 Å². The second-order valence-corrected chi connectivity index (χ2v) is 5.01. The Bertz CT molecular complexity index is 494. The fourth-order valence-corrected chi connectivity index (χ4v) is 2.33. The van der Waals surface area contributed by atoms with E-state index in [1.54, 1.807) is 12.1 Å². The summed E-state index contributed by atoms with van der Waals surface area (Å²) in [5.41, 5.74) is 6.86. The fraction of sp³-hybridized carbons (Fsp3) is 0.143. The highest BCUT2D eigenvalue weighted by molar-refractivity contribution is 7.99. The van der Waals surface area contributed by atoms with Gasteiger partial charge in [-0.2, -0.15) is 0 Å². The first kappa shape index (κ1) is 12.1. The van der Waals surface area contributed by atoms with Crippen molar-refractivity contribution >= 4 is 11.8 Å². The minimum absolute atomic E-state index is 0.0301. The molecule has 0 spiro atoms. The number of rotatable bonds is 3. The van der Waals surface area contributed by atoms with Gasteiger partial charge in [0.25, 0.3) is 0 Å². The van der Waals surface area contributed by atoms with Crippen molar-refractivity contribution in [1.29, 1.82) is 0 Å². The standard InChI is InChI=1S/C14H14FNS/c1-10(16)11-6-8-12(9-7-11)17-14-5-3-2-4-13(14)15/h2-10H,16H2,1H3/t10-/m1/s1. The third kappa shape index (κ3) is 3.08. The van der Waals surface area contributed by atoms with E-state index in [0.717, 1.165) is 10.5 Å². The maximum atomic E-state index is 13.4. The van der Waals surface area contributed by atoms with Gasteiger partial charge in [-0.1, -0.05) is 36.0 Å². The van der Waals surface area contributed by atoms with Gasteiger partial charge in [0, 0.05) is 15.8 Å². The van der Waals surface area contributed by atoms with Crippen molar-refractivity contribution in [1.82, 2.24) is 0 Å². The van der Waals surface area contributed by atoms with Crippen LogP contribution < -0.4 is 5.73 Å². The van der Waals surface area contributed by atoms with Gasteiger partial charge in [-0.25, -0.2) is 4.39 Å². The van der Waals surface area contributed by atoms with Gasteiger partial charge in [0.15, 0.2) is 0 Å². The molecule has 0 aromatic heterocycles. The number of halogens is 1. The van der Waals surface area contributed by atoms with Crippen LogP contribution in [0, 0.1) is 5.82 Å². The van der Waals surface area contributed by atoms with E-state index in [-0.39, 0.29) is 11.9 Å². The SMILES string of the molecule is C[C@@H](N)c1ccc(Sc2ccccc2F)cc1. The van der Waals surface area contributed by atoms with E-state index in [1.165, 1.54) is 17.8 Å². The topological polar surface area (TPSA) is 26.0 Å². The van der Waals surface area contributed by atoms with Crippen molar-refractivity contribution in [3.8, 4) is 0 Å². The molecule has 0 bridgehead atoms. The molecule has 0 saturated heterocycles. The molecule has 1 nitrogen and oxygen atoms in total. The average molecular weight is 247 g/mol. The number of nitrogens with two attached hydrogens (primary N) is 1. The van der Waals surface area contributed by atoms with Crippen molar-refractivity contribution in [2.75, 3.05) is 0 Å². The molecule has 0 aliphatic carbocycles. The molecule has 0 aliphatic heterocycles. The zero-order valence-electron chi connectivity index (χ0n) is 9.56. The summed E-state index contributed by atoms with van der Waals surface area (Å²) in [6.45, 7) is 1.94. The molecule has 0 radical (unpaired) electrons. The molecule has 17 heavy (non-hydrogen) atoms. The molecular weight excluding hydrogens is 233 g/mol. The molecule has 1 atom stereocenters. The first-order valence-corrected chi connectivity index (χ1v) is 6.26. The lowest BCUT2D eigenvalue weighted by Gasteiger charge is -2.07. The van der Waals surface area contributed by atoms with Crippen LogP contribution >= 0.6 is 11.8 Å². The lowest BCUT2D eigenvalue weighted by molar-refractivity contribution is 0.602. The zero-order valence-corrected chi connectivity index (χ0v) is 10.4. The monoisotopic (exact) mass is 247 g/mol. The molecule has 0 saturated carbocycles. The van der Waals surface area contributed by atoms with Crippen LogP contribution in [0.4, 0.5) is 4.39 Å². The van der Waals surface area contributed by atoms with E-state index in [9.17, 15) is 4.39 Å². The first-order chi connectivity index (χ1) is 8.16. The highest BCUT2D eigenvalue weighted by Crippen LogP contribution is 2.30. The second-order valence-electron chi connectivity index (χ2n) is 3.89. The number of hydrogen-bond donors (Lipinski definition) is 1. The third-order valence-electron chi connectivity index (χ3n) is 2.47. The van der Waals surface area contributed by atoms with Crippen LogP contribution in [0.3, 0.4) is 0 Å². The Hall–Kier alpha value is -1.32. The van der Waals surface area contributed by atoms with Crippen LogP contribution in [0.5, 0.6) is 0 Å². The molecule has 2 N–H and O–H groups in total. The number of hydrogen-bond acceptors (Lipinski definition) is 2. The van der Waals surface area contributed by atoms with Crippen molar-refractivity contribution in [3.63, 3.8) is 0 Å². The molecule has 2 aromatic carbocycles. The van der Waals surface area contributed by atoms with Crippen LogP contribution in [0.1, 0.15) is 18.5 Å². The molecule has 0 fully saturated rings. The van der Waals surface area contributed by atoms with E-state index in [1.807, 2.05) is 37.3 Å². The summed E-state index contributed by atoms with van der Waals surface area (Å²) in [4.78, 5) is 1.65. The maximum Gasteiger partial charge on any atom is 0.137 e. The highest BCUT2D eigenvalue weighted by atomic mass is 32.2. The number of benzene rings is 2. The summed E-state index contributed by atoms with van der Waals surface area (Å²) >= 11 is 1.42. The molecule has 0 heterocycles. The second kappa shape index (κ2) is 5.34. The van der Waals surface area contributed by atoms with E-state index < -0.39 is 0 Å². The minimum atomic E-state index is -0.186. The van der Waals surface area contributed by atoms with Crippen molar-refractivity contribution < 1.29 is 4.39 Å². The van der Waals surface area contributed by atoms with Crippen LogP contribution in [-0.2, 0) is 0 Å². The van der Waals surface area contributed by atoms with Gasteiger partial charge in [-0.3, -0.25) is 0 Å².